The van der Waals surface area contributed by atoms with Gasteiger partial charge in [0.1, 0.15) is 18.1 Å². The number of aromatic nitrogens is 3. The molecule has 2 aromatic carbocycles. The van der Waals surface area contributed by atoms with E-state index in [1.807, 2.05) is 118 Å². The Morgan fingerprint density at radius 1 is 0.941 bits per heavy atom. The predicted octanol–water partition coefficient (Wildman–Crippen LogP) is 2.35. The van der Waals surface area contributed by atoms with E-state index in [0.29, 0.717) is 6.61 Å². The molecule has 0 fully saturated rings. The average molecular weight is 488 g/mol. The van der Waals surface area contributed by atoms with E-state index < -0.39 is 0 Å². The number of carbonyl (C=O) groups is 1. The van der Waals surface area contributed by atoms with E-state index in [9.17, 15) is 4.79 Å². The molecule has 5 aromatic rings. The highest BCUT2D eigenvalue weighted by atomic mass is 35.5. The normalized spacial score (nSPS) is 10.5. The van der Waals surface area contributed by atoms with Crippen molar-refractivity contribution in [2.75, 3.05) is 0 Å². The second-order valence-electron chi connectivity index (χ2n) is 7.54. The quantitative estimate of drug-likeness (QED) is 0.249. The topological polar surface area (TPSA) is 48.0 Å². The third-order valence-electron chi connectivity index (χ3n) is 5.17. The summed E-state index contributed by atoms with van der Waals surface area (Å²) in [6, 6.07) is 29.5. The number of nitrogens with zero attached hydrogens (tertiary/aromatic N) is 3. The Morgan fingerprint density at radius 3 is 2.44 bits per heavy atom. The second kappa shape index (κ2) is 10.9. The number of halogens is 1. The molecule has 0 saturated carbocycles. The van der Waals surface area contributed by atoms with Gasteiger partial charge in [0.05, 0.1) is 21.8 Å². The van der Waals surface area contributed by atoms with Gasteiger partial charge in [-0.05, 0) is 47.8 Å². The number of para-hydroxylation sites is 2. The van der Waals surface area contributed by atoms with E-state index in [0.717, 1.165) is 33.3 Å². The fourth-order valence-electron chi connectivity index (χ4n) is 3.60. The van der Waals surface area contributed by atoms with E-state index in [1.54, 1.807) is 0 Å². The molecule has 5 nitrogen and oxygen atoms in total. The summed E-state index contributed by atoms with van der Waals surface area (Å²) in [7, 11) is 0. The van der Waals surface area contributed by atoms with Gasteiger partial charge in [-0.25, -0.2) is 4.68 Å². The number of hydrogen-bond acceptors (Lipinski definition) is 4. The van der Waals surface area contributed by atoms with Gasteiger partial charge in [-0.3, -0.25) is 4.79 Å². The summed E-state index contributed by atoms with van der Waals surface area (Å²) < 4.78 is 9.76. The molecule has 0 unspecified atom stereocenters. The Morgan fingerprint density at radius 2 is 1.71 bits per heavy atom. The fourth-order valence-corrected chi connectivity index (χ4v) is 4.26. The van der Waals surface area contributed by atoms with Crippen molar-refractivity contribution in [3.8, 4) is 22.7 Å². The molecule has 0 bridgehead atoms. The minimum absolute atomic E-state index is 0. The van der Waals surface area contributed by atoms with Crippen LogP contribution in [0.15, 0.2) is 109 Å². The minimum Gasteiger partial charge on any atom is -1.00 e. The van der Waals surface area contributed by atoms with Gasteiger partial charge in [-0.2, -0.15) is 9.67 Å². The Bertz CT molecular complexity index is 1350. The van der Waals surface area contributed by atoms with Gasteiger partial charge in [-0.15, -0.1) is 11.3 Å². The van der Waals surface area contributed by atoms with Gasteiger partial charge < -0.3 is 17.1 Å². The third-order valence-corrected chi connectivity index (χ3v) is 6.08. The van der Waals surface area contributed by atoms with Crippen LogP contribution >= 0.6 is 11.3 Å². The van der Waals surface area contributed by atoms with Crippen molar-refractivity contribution in [1.29, 1.82) is 0 Å². The molecule has 170 valence electrons. The lowest BCUT2D eigenvalue weighted by Crippen LogP contribution is -3.00. The van der Waals surface area contributed by atoms with E-state index in [4.69, 9.17) is 9.84 Å². The van der Waals surface area contributed by atoms with Crippen molar-refractivity contribution < 1.29 is 26.5 Å². The maximum Gasteiger partial charge on any atom is 0.237 e. The SMILES string of the molecule is O=C(C[n+]1cccc(-c2cc(COc3ccccc3)nn2-c2ccccc2)c1)c1cccs1.[Cl-]. The molecule has 3 aromatic heterocycles. The van der Waals surface area contributed by atoms with Crippen LogP contribution in [0.5, 0.6) is 5.75 Å². The lowest BCUT2D eigenvalue weighted by molar-refractivity contribution is -0.682. The molecule has 7 heteroatoms. The highest BCUT2D eigenvalue weighted by Crippen LogP contribution is 2.24. The van der Waals surface area contributed by atoms with Gasteiger partial charge in [-0.1, -0.05) is 42.5 Å². The zero-order valence-corrected chi connectivity index (χ0v) is 19.8. The summed E-state index contributed by atoms with van der Waals surface area (Å²) in [6.07, 6.45) is 3.90. The molecule has 0 aliphatic carbocycles. The molecule has 0 saturated heterocycles. The standard InChI is InChI=1S/C27H22N3O2S.ClH/c31-26(27-14-8-16-33-27)19-29-15-7-9-21(18-29)25-17-22(20-32-24-12-5-2-6-13-24)28-30(25)23-10-3-1-4-11-23;/h1-18H,19-20H2;1H/q+1;/p-1. The smallest absolute Gasteiger partial charge is 0.237 e. The highest BCUT2D eigenvalue weighted by Gasteiger charge is 2.17. The summed E-state index contributed by atoms with van der Waals surface area (Å²) >= 11 is 1.47. The molecule has 0 amide bonds. The van der Waals surface area contributed by atoms with Crippen molar-refractivity contribution in [2.45, 2.75) is 13.2 Å². The first-order chi connectivity index (χ1) is 16.3. The van der Waals surface area contributed by atoms with E-state index >= 15 is 0 Å². The van der Waals surface area contributed by atoms with Crippen LogP contribution in [0.1, 0.15) is 15.4 Å². The van der Waals surface area contributed by atoms with Crippen LogP contribution in [-0.4, -0.2) is 15.6 Å². The van der Waals surface area contributed by atoms with E-state index in [2.05, 4.69) is 0 Å². The summed E-state index contributed by atoms with van der Waals surface area (Å²) in [6.45, 7) is 0.651. The molecular weight excluding hydrogens is 466 g/mol. The average Bonchev–Trinajstić information content (AvgIpc) is 3.55. The Kier molecular flexibility index (Phi) is 7.52. The molecule has 0 N–H and O–H groups in total. The summed E-state index contributed by atoms with van der Waals surface area (Å²) in [5, 5.41) is 6.74. The Hall–Kier alpha value is -3.74. The highest BCUT2D eigenvalue weighted by molar-refractivity contribution is 7.12. The van der Waals surface area contributed by atoms with Crippen LogP contribution in [-0.2, 0) is 13.2 Å². The summed E-state index contributed by atoms with van der Waals surface area (Å²) in [5.74, 6) is 0.902. The van der Waals surface area contributed by atoms with Gasteiger partial charge >= 0.3 is 0 Å². The van der Waals surface area contributed by atoms with Gasteiger partial charge in [0.25, 0.3) is 0 Å². The monoisotopic (exact) mass is 487 g/mol. The van der Waals surface area contributed by atoms with Gasteiger partial charge in [0.15, 0.2) is 12.4 Å². The van der Waals surface area contributed by atoms with E-state index in [-0.39, 0.29) is 24.7 Å². The molecule has 0 spiro atoms. The molecule has 0 aliphatic rings. The Balaban J connectivity index is 0.00000274. The molecule has 5 rings (SSSR count). The maximum absolute atomic E-state index is 12.6. The second-order valence-corrected chi connectivity index (χ2v) is 8.48. The largest absolute Gasteiger partial charge is 1.00 e. The van der Waals surface area contributed by atoms with Crippen molar-refractivity contribution in [3.05, 3.63) is 119 Å². The van der Waals surface area contributed by atoms with Gasteiger partial charge in [0.2, 0.25) is 12.3 Å². The number of ether oxygens (including phenoxy) is 1. The molecule has 3 heterocycles. The number of thiophene rings is 1. The van der Waals surface area contributed by atoms with Crippen molar-refractivity contribution in [3.63, 3.8) is 0 Å². The third kappa shape index (κ3) is 5.42. The zero-order chi connectivity index (χ0) is 22.5. The van der Waals surface area contributed by atoms with Crippen LogP contribution in [0, 0.1) is 0 Å². The number of carbonyl (C=O) groups excluding carboxylic acids is 1. The number of Topliss-reactive ketones (excluding diaryl/α,β-unsaturated/α-hetero) is 1. The lowest BCUT2D eigenvalue weighted by atomic mass is 10.2. The molecule has 34 heavy (non-hydrogen) atoms. The molecular formula is C27H22ClN3O2S. The fraction of sp³-hybridized carbons (Fsp3) is 0.0741. The number of ketones is 1. The number of hydrogen-bond donors (Lipinski definition) is 0. The minimum atomic E-state index is 0. The first-order valence-corrected chi connectivity index (χ1v) is 11.5. The summed E-state index contributed by atoms with van der Waals surface area (Å²) in [4.78, 5) is 13.4. The van der Waals surface area contributed by atoms with Crippen LogP contribution < -0.4 is 21.7 Å². The number of rotatable bonds is 8. The molecule has 0 radical (unpaired) electrons. The first kappa shape index (κ1) is 23.4. The molecule has 0 aliphatic heterocycles. The van der Waals surface area contributed by atoms with Crippen molar-refractivity contribution in [2.24, 2.45) is 0 Å². The van der Waals surface area contributed by atoms with Crippen molar-refractivity contribution in [1.82, 2.24) is 9.78 Å². The van der Waals surface area contributed by atoms with Crippen LogP contribution in [0.4, 0.5) is 0 Å². The first-order valence-electron chi connectivity index (χ1n) is 10.6. The van der Waals surface area contributed by atoms with Crippen molar-refractivity contribution >= 4 is 17.1 Å². The Labute approximate surface area is 208 Å². The molecule has 0 atom stereocenters. The maximum atomic E-state index is 12.6. The zero-order valence-electron chi connectivity index (χ0n) is 18.3. The number of benzene rings is 2. The van der Waals surface area contributed by atoms with Crippen LogP contribution in [0.3, 0.4) is 0 Å². The van der Waals surface area contributed by atoms with Crippen LogP contribution in [0.25, 0.3) is 16.9 Å². The van der Waals surface area contributed by atoms with Crippen LogP contribution in [0.2, 0.25) is 0 Å². The van der Waals surface area contributed by atoms with E-state index in [1.165, 1.54) is 11.3 Å². The summed E-state index contributed by atoms with van der Waals surface area (Å²) in [5.41, 5.74) is 3.69. The lowest BCUT2D eigenvalue weighted by Gasteiger charge is -2.07. The predicted molar refractivity (Wildman–Crippen MR) is 129 cm³/mol. The van der Waals surface area contributed by atoms with Gasteiger partial charge in [0, 0.05) is 6.07 Å². The number of pyridine rings is 1.